The summed E-state index contributed by atoms with van der Waals surface area (Å²) in [5.74, 6) is -0.184. The predicted octanol–water partition coefficient (Wildman–Crippen LogP) is 4.41. The number of benzene rings is 2. The minimum atomic E-state index is -0.184. The average molecular weight is 287 g/mol. The van der Waals surface area contributed by atoms with Gasteiger partial charge in [0.1, 0.15) is 5.82 Å². The molecule has 112 valence electrons. The van der Waals surface area contributed by atoms with Crippen LogP contribution in [0.5, 0.6) is 0 Å². The van der Waals surface area contributed by atoms with Gasteiger partial charge in [0, 0.05) is 23.9 Å². The van der Waals surface area contributed by atoms with Crippen LogP contribution in [-0.2, 0) is 17.8 Å². The summed E-state index contributed by atoms with van der Waals surface area (Å²) in [4.78, 5) is 0. The molecule has 0 heterocycles. The van der Waals surface area contributed by atoms with Crippen molar-refractivity contribution in [3.63, 3.8) is 0 Å². The van der Waals surface area contributed by atoms with Gasteiger partial charge >= 0.3 is 0 Å². The van der Waals surface area contributed by atoms with E-state index in [1.807, 2.05) is 25.1 Å². The van der Waals surface area contributed by atoms with E-state index in [2.05, 4.69) is 24.4 Å². The fourth-order valence-electron chi connectivity index (χ4n) is 2.33. The summed E-state index contributed by atoms with van der Waals surface area (Å²) in [6.45, 7) is 5.39. The van der Waals surface area contributed by atoms with Gasteiger partial charge in [-0.25, -0.2) is 4.39 Å². The maximum Gasteiger partial charge on any atom is 0.123 e. The number of rotatable bonds is 7. The Bertz CT molecular complexity index is 571. The number of ether oxygens (including phenoxy) is 1. The first-order valence-electron chi connectivity index (χ1n) is 7.35. The normalized spacial score (nSPS) is 12.1. The summed E-state index contributed by atoms with van der Waals surface area (Å²) >= 11 is 0. The lowest BCUT2D eigenvalue weighted by molar-refractivity contribution is 0.134. The predicted molar refractivity (Wildman–Crippen MR) is 85.0 cm³/mol. The van der Waals surface area contributed by atoms with Crippen LogP contribution in [0.4, 0.5) is 10.1 Å². The fraction of sp³-hybridized carbons (Fsp3) is 0.333. The van der Waals surface area contributed by atoms with Crippen LogP contribution in [-0.4, -0.2) is 12.6 Å². The zero-order chi connectivity index (χ0) is 15.1. The molecule has 2 rings (SSSR count). The summed E-state index contributed by atoms with van der Waals surface area (Å²) in [6.07, 6.45) is 0.779. The van der Waals surface area contributed by atoms with Crippen molar-refractivity contribution in [2.75, 3.05) is 11.9 Å². The average Bonchev–Trinajstić information content (AvgIpc) is 2.46. The molecule has 0 aliphatic heterocycles. The molecule has 2 aromatic carbocycles. The highest BCUT2D eigenvalue weighted by atomic mass is 19.1. The number of anilines is 1. The zero-order valence-corrected chi connectivity index (χ0v) is 12.6. The molecule has 1 unspecified atom stereocenters. The minimum Gasteiger partial charge on any atom is -0.382 e. The SMILES string of the molecule is CCOCc1ccccc1NC(C)Cc1cccc(F)c1. The van der Waals surface area contributed by atoms with Gasteiger partial charge in [0.15, 0.2) is 0 Å². The largest absolute Gasteiger partial charge is 0.382 e. The van der Waals surface area contributed by atoms with Gasteiger partial charge in [0.05, 0.1) is 6.61 Å². The third-order valence-electron chi connectivity index (χ3n) is 3.31. The van der Waals surface area contributed by atoms with Crippen LogP contribution in [0.25, 0.3) is 0 Å². The van der Waals surface area contributed by atoms with E-state index in [0.29, 0.717) is 13.2 Å². The van der Waals surface area contributed by atoms with E-state index in [0.717, 1.165) is 23.2 Å². The van der Waals surface area contributed by atoms with Gasteiger partial charge in [-0.15, -0.1) is 0 Å². The molecule has 21 heavy (non-hydrogen) atoms. The van der Waals surface area contributed by atoms with Crippen LogP contribution >= 0.6 is 0 Å². The molecule has 2 nitrogen and oxygen atoms in total. The fourth-order valence-corrected chi connectivity index (χ4v) is 2.33. The number of hydrogen-bond donors (Lipinski definition) is 1. The van der Waals surface area contributed by atoms with Crippen LogP contribution in [0.15, 0.2) is 48.5 Å². The quantitative estimate of drug-likeness (QED) is 0.814. The van der Waals surface area contributed by atoms with Crippen molar-refractivity contribution in [1.82, 2.24) is 0 Å². The van der Waals surface area contributed by atoms with Crippen LogP contribution in [0.2, 0.25) is 0 Å². The maximum absolute atomic E-state index is 13.2. The number of hydrogen-bond acceptors (Lipinski definition) is 2. The zero-order valence-electron chi connectivity index (χ0n) is 12.6. The third-order valence-corrected chi connectivity index (χ3v) is 3.31. The summed E-state index contributed by atoms with van der Waals surface area (Å²) in [6, 6.07) is 15.1. The highest BCUT2D eigenvalue weighted by molar-refractivity contribution is 5.51. The first kappa shape index (κ1) is 15.5. The maximum atomic E-state index is 13.2. The molecule has 0 aliphatic carbocycles. The lowest BCUT2D eigenvalue weighted by atomic mass is 10.1. The monoisotopic (exact) mass is 287 g/mol. The van der Waals surface area contributed by atoms with E-state index >= 15 is 0 Å². The Morgan fingerprint density at radius 1 is 1.14 bits per heavy atom. The van der Waals surface area contributed by atoms with E-state index in [1.54, 1.807) is 12.1 Å². The molecule has 0 fully saturated rings. The first-order valence-corrected chi connectivity index (χ1v) is 7.35. The van der Waals surface area contributed by atoms with Crippen molar-refractivity contribution in [2.24, 2.45) is 0 Å². The van der Waals surface area contributed by atoms with Crippen molar-refractivity contribution in [1.29, 1.82) is 0 Å². The van der Waals surface area contributed by atoms with Gasteiger partial charge in [-0.2, -0.15) is 0 Å². The summed E-state index contributed by atoms with van der Waals surface area (Å²) < 4.78 is 18.7. The highest BCUT2D eigenvalue weighted by Gasteiger charge is 2.07. The number of halogens is 1. The van der Waals surface area contributed by atoms with E-state index < -0.39 is 0 Å². The van der Waals surface area contributed by atoms with E-state index in [1.165, 1.54) is 6.07 Å². The Kier molecular flexibility index (Phi) is 5.76. The molecule has 0 aromatic heterocycles. The second-order valence-corrected chi connectivity index (χ2v) is 5.17. The molecule has 0 bridgehead atoms. The molecule has 0 radical (unpaired) electrons. The summed E-state index contributed by atoms with van der Waals surface area (Å²) in [7, 11) is 0. The Labute approximate surface area is 126 Å². The molecular weight excluding hydrogens is 265 g/mol. The van der Waals surface area contributed by atoms with Gasteiger partial charge in [-0.05, 0) is 44.0 Å². The summed E-state index contributed by atoms with van der Waals surface area (Å²) in [5, 5.41) is 3.48. The van der Waals surface area contributed by atoms with Gasteiger partial charge in [-0.1, -0.05) is 30.3 Å². The second-order valence-electron chi connectivity index (χ2n) is 5.17. The Balaban J connectivity index is 2.00. The standard InChI is InChI=1S/C18H22FNO/c1-3-21-13-16-8-4-5-10-18(16)20-14(2)11-15-7-6-9-17(19)12-15/h4-10,12,14,20H,3,11,13H2,1-2H3. The molecule has 0 amide bonds. The van der Waals surface area contributed by atoms with Crippen molar-refractivity contribution in [3.8, 4) is 0 Å². The van der Waals surface area contributed by atoms with Crippen LogP contribution < -0.4 is 5.32 Å². The lowest BCUT2D eigenvalue weighted by Crippen LogP contribution is -2.19. The number of nitrogens with one attached hydrogen (secondary N) is 1. The molecule has 0 spiro atoms. The van der Waals surface area contributed by atoms with Crippen molar-refractivity contribution in [3.05, 3.63) is 65.5 Å². The van der Waals surface area contributed by atoms with Gasteiger partial charge < -0.3 is 10.1 Å². The van der Waals surface area contributed by atoms with Gasteiger partial charge in [-0.3, -0.25) is 0 Å². The molecule has 0 saturated heterocycles. The molecule has 0 aliphatic rings. The van der Waals surface area contributed by atoms with Crippen LogP contribution in [0, 0.1) is 5.82 Å². The van der Waals surface area contributed by atoms with Crippen molar-refractivity contribution in [2.45, 2.75) is 32.9 Å². The molecule has 1 N–H and O–H groups in total. The Hall–Kier alpha value is -1.87. The van der Waals surface area contributed by atoms with Crippen LogP contribution in [0.3, 0.4) is 0 Å². The minimum absolute atomic E-state index is 0.184. The highest BCUT2D eigenvalue weighted by Crippen LogP contribution is 2.18. The third kappa shape index (κ3) is 4.87. The van der Waals surface area contributed by atoms with E-state index in [-0.39, 0.29) is 11.9 Å². The van der Waals surface area contributed by atoms with Crippen molar-refractivity contribution < 1.29 is 9.13 Å². The summed E-state index contributed by atoms with van der Waals surface area (Å²) in [5.41, 5.74) is 3.22. The molecule has 0 saturated carbocycles. The van der Waals surface area contributed by atoms with Crippen LogP contribution in [0.1, 0.15) is 25.0 Å². The Morgan fingerprint density at radius 2 is 1.95 bits per heavy atom. The topological polar surface area (TPSA) is 21.3 Å². The van der Waals surface area contributed by atoms with E-state index in [9.17, 15) is 4.39 Å². The lowest BCUT2D eigenvalue weighted by Gasteiger charge is -2.18. The van der Waals surface area contributed by atoms with Crippen molar-refractivity contribution >= 4 is 5.69 Å². The molecular formula is C18H22FNO. The first-order chi connectivity index (χ1) is 10.2. The van der Waals surface area contributed by atoms with Gasteiger partial charge in [0.25, 0.3) is 0 Å². The van der Waals surface area contributed by atoms with E-state index in [4.69, 9.17) is 4.74 Å². The second kappa shape index (κ2) is 7.79. The molecule has 3 heteroatoms. The molecule has 1 atom stereocenters. The van der Waals surface area contributed by atoms with Gasteiger partial charge in [0.2, 0.25) is 0 Å². The number of para-hydroxylation sites is 1. The molecule has 2 aromatic rings. The smallest absolute Gasteiger partial charge is 0.123 e. The Morgan fingerprint density at radius 3 is 2.71 bits per heavy atom.